The van der Waals surface area contributed by atoms with Gasteiger partial charge in [0.15, 0.2) is 0 Å². The molecule has 0 saturated heterocycles. The molecule has 4 rings (SSSR count). The summed E-state index contributed by atoms with van der Waals surface area (Å²) in [7, 11) is 0. The Bertz CT molecular complexity index is 1120. The smallest absolute Gasteiger partial charge is 0.329 e. The van der Waals surface area contributed by atoms with E-state index in [4.69, 9.17) is 33.7 Å². The zero-order valence-electron chi connectivity index (χ0n) is 17.8. The lowest BCUT2D eigenvalue weighted by molar-refractivity contribution is -0.142. The number of rotatable bonds is 8. The van der Waals surface area contributed by atoms with E-state index < -0.39 is 5.97 Å². The van der Waals surface area contributed by atoms with E-state index in [0.717, 1.165) is 59.3 Å². The van der Waals surface area contributed by atoms with Crippen LogP contribution in [0, 0.1) is 16.5 Å². The average molecular weight is 471 g/mol. The second-order valence-electron chi connectivity index (χ2n) is 8.45. The van der Waals surface area contributed by atoms with Crippen molar-refractivity contribution in [3.05, 3.63) is 64.3 Å². The first-order chi connectivity index (χ1) is 15.5. The van der Waals surface area contributed by atoms with Crippen LogP contribution < -0.4 is 0 Å². The van der Waals surface area contributed by atoms with Gasteiger partial charge >= 0.3 is 5.97 Å². The second kappa shape index (κ2) is 10.5. The van der Waals surface area contributed by atoms with Gasteiger partial charge in [-0.1, -0.05) is 66.3 Å². The van der Waals surface area contributed by atoms with Gasteiger partial charge in [0.1, 0.15) is 11.2 Å². The van der Waals surface area contributed by atoms with E-state index in [2.05, 4.69) is 21.9 Å². The molecule has 1 aromatic heterocycles. The summed E-state index contributed by atoms with van der Waals surface area (Å²) < 4.78 is 8.18. The maximum atomic E-state index is 10.6. The molecule has 2 aromatic carbocycles. The van der Waals surface area contributed by atoms with Gasteiger partial charge in [0.25, 0.3) is 0 Å². The lowest BCUT2D eigenvalue weighted by Crippen LogP contribution is -2.23. The van der Waals surface area contributed by atoms with Crippen LogP contribution in [-0.2, 0) is 16.1 Å². The van der Waals surface area contributed by atoms with Crippen molar-refractivity contribution in [1.82, 2.24) is 9.78 Å². The van der Waals surface area contributed by atoms with E-state index in [9.17, 15) is 4.79 Å². The normalized spacial score (nSPS) is 18.5. The van der Waals surface area contributed by atoms with Gasteiger partial charge in [-0.3, -0.25) is 9.78 Å². The maximum absolute atomic E-state index is 10.6. The molecule has 2 N–H and O–H groups in total. The number of nitrogens with zero attached hydrogens (tertiary/aromatic N) is 1. The number of H-pyrrole nitrogens is 1. The fourth-order valence-electron chi connectivity index (χ4n) is 4.49. The molecule has 1 heterocycles. The molecule has 0 spiro atoms. The Kier molecular flexibility index (Phi) is 7.45. The first-order valence-electron chi connectivity index (χ1n) is 10.9. The van der Waals surface area contributed by atoms with Crippen LogP contribution in [0.15, 0.2) is 54.6 Å². The third-order valence-corrected chi connectivity index (χ3v) is 6.78. The Morgan fingerprint density at radius 1 is 1.06 bits per heavy atom. The number of halogens is 1. The molecule has 0 unspecified atom stereocenters. The summed E-state index contributed by atoms with van der Waals surface area (Å²) in [5.41, 5.74) is 4.11. The highest BCUT2D eigenvalue weighted by Gasteiger charge is 2.24. The number of hydrogen-bond donors (Lipinski definition) is 2. The maximum Gasteiger partial charge on any atom is 0.329 e. The Balaban J connectivity index is 1.53. The number of aromatic amines is 1. The highest BCUT2D eigenvalue weighted by atomic mass is 35.5. The van der Waals surface area contributed by atoms with E-state index in [-0.39, 0.29) is 6.61 Å². The topological polar surface area (TPSA) is 67.2 Å². The van der Waals surface area contributed by atoms with Crippen LogP contribution in [0.25, 0.3) is 22.4 Å². The van der Waals surface area contributed by atoms with Crippen LogP contribution in [0.2, 0.25) is 5.02 Å². The van der Waals surface area contributed by atoms with Gasteiger partial charge in [-0.2, -0.15) is 0 Å². The number of carbonyl (C=O) groups is 1. The van der Waals surface area contributed by atoms with E-state index in [1.807, 2.05) is 42.5 Å². The molecule has 1 aliphatic rings. The molecule has 1 aliphatic carbocycles. The van der Waals surface area contributed by atoms with Gasteiger partial charge in [-0.25, -0.2) is 4.79 Å². The van der Waals surface area contributed by atoms with Crippen LogP contribution in [-0.4, -0.2) is 34.1 Å². The summed E-state index contributed by atoms with van der Waals surface area (Å²) in [5, 5.41) is 13.0. The Morgan fingerprint density at radius 3 is 2.44 bits per heavy atom. The minimum Gasteiger partial charge on any atom is -0.480 e. The Labute approximate surface area is 198 Å². The molecule has 0 radical (unpaired) electrons. The van der Waals surface area contributed by atoms with Crippen molar-refractivity contribution in [2.45, 2.75) is 32.2 Å². The quantitative estimate of drug-likeness (QED) is 0.372. The van der Waals surface area contributed by atoms with Crippen molar-refractivity contribution in [3.63, 3.8) is 0 Å². The van der Waals surface area contributed by atoms with Crippen molar-refractivity contribution in [2.75, 3.05) is 13.2 Å². The third-order valence-electron chi connectivity index (χ3n) is 6.12. The minimum absolute atomic E-state index is 0.216. The van der Waals surface area contributed by atoms with Crippen LogP contribution in [0.5, 0.6) is 0 Å². The fraction of sp³-hybridized carbons (Fsp3) is 0.360. The number of nitrogens with one attached hydrogen (secondary N) is 1. The molecule has 0 atom stereocenters. The molecule has 1 fully saturated rings. The van der Waals surface area contributed by atoms with Crippen LogP contribution in [0.4, 0.5) is 0 Å². The highest BCUT2D eigenvalue weighted by Crippen LogP contribution is 2.35. The lowest BCUT2D eigenvalue weighted by atomic mass is 9.82. The molecule has 0 bridgehead atoms. The lowest BCUT2D eigenvalue weighted by Gasteiger charge is -2.28. The molecule has 5 nitrogen and oxygen atoms in total. The number of aromatic nitrogens is 2. The average Bonchev–Trinajstić information content (AvgIpc) is 3.11. The number of carboxylic acids is 1. The Hall–Kier alpha value is -2.41. The summed E-state index contributed by atoms with van der Waals surface area (Å²) >= 11 is 12.2. The van der Waals surface area contributed by atoms with Crippen molar-refractivity contribution >= 4 is 29.8 Å². The molecule has 3 aromatic rings. The van der Waals surface area contributed by atoms with E-state index in [1.165, 1.54) is 0 Å². The summed E-state index contributed by atoms with van der Waals surface area (Å²) in [5.74, 6) is 0.0422. The predicted octanol–water partition coefficient (Wildman–Crippen LogP) is 6.44. The number of aliphatic carboxylic acids is 1. The fourth-order valence-corrected chi connectivity index (χ4v) is 5.02. The van der Waals surface area contributed by atoms with Gasteiger partial charge in [-0.15, -0.1) is 0 Å². The van der Waals surface area contributed by atoms with Crippen molar-refractivity contribution in [2.24, 2.45) is 11.8 Å². The van der Waals surface area contributed by atoms with Crippen LogP contribution in [0.3, 0.4) is 0 Å². The summed E-state index contributed by atoms with van der Waals surface area (Å²) in [6.45, 7) is 1.14. The van der Waals surface area contributed by atoms with E-state index in [0.29, 0.717) is 23.5 Å². The number of benzene rings is 2. The highest BCUT2D eigenvalue weighted by molar-refractivity contribution is 7.71. The first-order valence-corrected chi connectivity index (χ1v) is 11.7. The second-order valence-corrected chi connectivity index (χ2v) is 9.27. The van der Waals surface area contributed by atoms with Gasteiger partial charge in [0, 0.05) is 22.7 Å². The SMILES string of the molecule is O=C(O)COCC1CCC(Cn2[nH]c(-c3ccccc3)c(-c3cccc(Cl)c3)c2=S)CC1. The first kappa shape index (κ1) is 22.8. The van der Waals surface area contributed by atoms with Crippen LogP contribution >= 0.6 is 23.8 Å². The monoisotopic (exact) mass is 470 g/mol. The summed E-state index contributed by atoms with van der Waals surface area (Å²) in [6, 6.07) is 18.1. The number of ether oxygens (including phenoxy) is 1. The summed E-state index contributed by atoms with van der Waals surface area (Å²) in [6.07, 6.45) is 4.25. The molecule has 0 amide bonds. The molecular formula is C25H27ClN2O3S. The van der Waals surface area contributed by atoms with Crippen LogP contribution in [0.1, 0.15) is 25.7 Å². The van der Waals surface area contributed by atoms with Gasteiger partial charge in [0.05, 0.1) is 12.3 Å². The largest absolute Gasteiger partial charge is 0.480 e. The van der Waals surface area contributed by atoms with Gasteiger partial charge in [0.2, 0.25) is 0 Å². The Morgan fingerprint density at radius 2 is 1.75 bits per heavy atom. The van der Waals surface area contributed by atoms with Crippen molar-refractivity contribution < 1.29 is 14.6 Å². The predicted molar refractivity (Wildman–Crippen MR) is 129 cm³/mol. The number of hydrogen-bond acceptors (Lipinski definition) is 3. The zero-order chi connectivity index (χ0) is 22.5. The molecule has 168 valence electrons. The van der Waals surface area contributed by atoms with Gasteiger partial charge in [-0.05, 0) is 55.2 Å². The van der Waals surface area contributed by atoms with E-state index in [1.54, 1.807) is 0 Å². The van der Waals surface area contributed by atoms with Crippen molar-refractivity contribution in [3.8, 4) is 22.4 Å². The molecule has 32 heavy (non-hydrogen) atoms. The zero-order valence-corrected chi connectivity index (χ0v) is 19.4. The van der Waals surface area contributed by atoms with Crippen molar-refractivity contribution in [1.29, 1.82) is 0 Å². The third kappa shape index (κ3) is 5.49. The molecule has 1 saturated carbocycles. The van der Waals surface area contributed by atoms with E-state index >= 15 is 0 Å². The standard InChI is InChI=1S/C25H27ClN2O3S/c26-21-8-4-7-20(13-21)23-24(19-5-2-1-3-6-19)27-28(25(23)32)14-17-9-11-18(12-10-17)15-31-16-22(29)30/h1-8,13,17-18,27H,9-12,14-16H2,(H,29,30). The number of carboxylic acid groups (broad SMARTS) is 1. The minimum atomic E-state index is -0.912. The molecule has 7 heteroatoms. The van der Waals surface area contributed by atoms with Gasteiger partial charge < -0.3 is 9.84 Å². The molecular weight excluding hydrogens is 444 g/mol. The molecule has 0 aliphatic heterocycles. The summed E-state index contributed by atoms with van der Waals surface area (Å²) in [4.78, 5) is 10.6.